The molecule has 8 nitrogen and oxygen atoms in total. The molecule has 0 aromatic carbocycles. The highest BCUT2D eigenvalue weighted by atomic mass is 32.2. The van der Waals surface area contributed by atoms with E-state index in [9.17, 15) is 4.79 Å². The highest BCUT2D eigenvalue weighted by Crippen LogP contribution is 2.30. The smallest absolute Gasteiger partial charge is 0.233 e. The zero-order valence-corrected chi connectivity index (χ0v) is 14.2. The summed E-state index contributed by atoms with van der Waals surface area (Å²) in [6.07, 6.45) is 2.68. The molecule has 0 unspecified atom stereocenters. The first-order chi connectivity index (χ1) is 11.2. The normalized spacial score (nSPS) is 23.4. The maximum atomic E-state index is 12.5. The highest BCUT2D eigenvalue weighted by molar-refractivity contribution is 8.01. The van der Waals surface area contributed by atoms with E-state index < -0.39 is 0 Å². The molecule has 0 N–H and O–H groups in total. The maximum Gasteiger partial charge on any atom is 0.233 e. The molecule has 1 fully saturated rings. The third-order valence-corrected chi connectivity index (χ3v) is 6.06. The number of hydrogen-bond donors (Lipinski definition) is 0. The summed E-state index contributed by atoms with van der Waals surface area (Å²) >= 11 is 2.96. The lowest BCUT2D eigenvalue weighted by Crippen LogP contribution is -2.50. The molecule has 2 aromatic rings. The molecule has 2 aliphatic rings. The number of piperidine rings is 1. The minimum atomic E-state index is 0.0627. The van der Waals surface area contributed by atoms with Gasteiger partial charge in [0.1, 0.15) is 5.01 Å². The lowest BCUT2D eigenvalue weighted by Gasteiger charge is -2.40. The minimum absolute atomic E-state index is 0.0627. The average Bonchev–Trinajstić information content (AvgIpc) is 3.20. The Morgan fingerprint density at radius 3 is 3.26 bits per heavy atom. The maximum absolute atomic E-state index is 12.5. The van der Waals surface area contributed by atoms with Gasteiger partial charge in [-0.2, -0.15) is 0 Å². The Morgan fingerprint density at radius 2 is 2.43 bits per heavy atom. The van der Waals surface area contributed by atoms with Gasteiger partial charge >= 0.3 is 0 Å². The highest BCUT2D eigenvalue weighted by Gasteiger charge is 2.37. The minimum Gasteiger partial charge on any atom is -0.370 e. The molecule has 2 aromatic heterocycles. The Kier molecular flexibility index (Phi) is 4.04. The van der Waals surface area contributed by atoms with Crippen molar-refractivity contribution in [2.24, 2.45) is 0 Å². The second kappa shape index (κ2) is 6.17. The van der Waals surface area contributed by atoms with Crippen molar-refractivity contribution in [3.8, 4) is 0 Å². The number of fused-ring (bicyclic) bond motifs is 3. The van der Waals surface area contributed by atoms with E-state index in [1.54, 1.807) is 6.20 Å². The number of likely N-dealkylation sites (tertiary alicyclic amines) is 1. The molecule has 4 rings (SSSR count). The third-order valence-electron chi connectivity index (χ3n) is 4.11. The van der Waals surface area contributed by atoms with Gasteiger partial charge < -0.3 is 9.64 Å². The van der Waals surface area contributed by atoms with Crippen molar-refractivity contribution in [3.63, 3.8) is 0 Å². The van der Waals surface area contributed by atoms with E-state index in [0.29, 0.717) is 18.9 Å². The number of thioether (sulfide) groups is 1. The van der Waals surface area contributed by atoms with Gasteiger partial charge in [-0.25, -0.2) is 4.68 Å². The van der Waals surface area contributed by atoms with Crippen LogP contribution in [0.4, 0.5) is 0 Å². The lowest BCUT2D eigenvalue weighted by atomic mass is 10.0. The largest absolute Gasteiger partial charge is 0.370 e. The fraction of sp³-hybridized carbons (Fsp3) is 0.615. The molecular weight excluding hydrogens is 336 g/mol. The summed E-state index contributed by atoms with van der Waals surface area (Å²) in [5.41, 5.74) is 0.972. The molecule has 10 heteroatoms. The van der Waals surface area contributed by atoms with Crippen LogP contribution in [0.1, 0.15) is 23.2 Å². The number of nitrogens with zero attached hydrogens (tertiary/aromatic N) is 6. The summed E-state index contributed by atoms with van der Waals surface area (Å²) in [6.45, 7) is 3.80. The van der Waals surface area contributed by atoms with Gasteiger partial charge in [-0.3, -0.25) is 4.79 Å². The first-order valence-electron chi connectivity index (χ1n) is 7.42. The molecule has 2 aliphatic heterocycles. The van der Waals surface area contributed by atoms with Gasteiger partial charge in [-0.15, -0.1) is 15.3 Å². The van der Waals surface area contributed by atoms with Crippen LogP contribution in [-0.4, -0.2) is 60.9 Å². The number of rotatable bonds is 3. The monoisotopic (exact) mass is 352 g/mol. The van der Waals surface area contributed by atoms with E-state index >= 15 is 0 Å². The second-order valence-corrected chi connectivity index (χ2v) is 7.99. The molecule has 1 saturated heterocycles. The Labute approximate surface area is 141 Å². The van der Waals surface area contributed by atoms with Crippen LogP contribution in [0.15, 0.2) is 10.5 Å². The SMILES string of the molecule is Cc1nnc(SCC(=O)N2CC[C@H]3OCc4cnnn4[C@H]3C2)s1. The number of hydrogen-bond acceptors (Lipinski definition) is 8. The Morgan fingerprint density at radius 1 is 1.52 bits per heavy atom. The van der Waals surface area contributed by atoms with Crippen molar-refractivity contribution in [1.29, 1.82) is 0 Å². The summed E-state index contributed by atoms with van der Waals surface area (Å²) in [5.74, 6) is 0.505. The van der Waals surface area contributed by atoms with Crippen LogP contribution in [0.2, 0.25) is 0 Å². The summed E-state index contributed by atoms with van der Waals surface area (Å²) in [4.78, 5) is 14.4. The number of amides is 1. The molecule has 4 heterocycles. The Balaban J connectivity index is 1.40. The first-order valence-corrected chi connectivity index (χ1v) is 9.22. The predicted octanol–water partition coefficient (Wildman–Crippen LogP) is 0.903. The number of carbonyl (C=O) groups is 1. The number of carbonyl (C=O) groups excluding carboxylic acids is 1. The molecule has 0 bridgehead atoms. The van der Waals surface area contributed by atoms with Crippen molar-refractivity contribution in [3.05, 3.63) is 16.9 Å². The fourth-order valence-electron chi connectivity index (χ4n) is 2.96. The second-order valence-electron chi connectivity index (χ2n) is 5.59. The summed E-state index contributed by atoms with van der Waals surface area (Å²) < 4.78 is 8.62. The molecule has 122 valence electrons. The van der Waals surface area contributed by atoms with Gasteiger partial charge in [-0.1, -0.05) is 28.3 Å². The summed E-state index contributed by atoms with van der Waals surface area (Å²) in [5, 5.41) is 17.0. The van der Waals surface area contributed by atoms with Gasteiger partial charge in [0.05, 0.1) is 36.4 Å². The van der Waals surface area contributed by atoms with Crippen molar-refractivity contribution < 1.29 is 9.53 Å². The molecule has 0 saturated carbocycles. The van der Waals surface area contributed by atoms with E-state index in [2.05, 4.69) is 20.5 Å². The van der Waals surface area contributed by atoms with E-state index in [4.69, 9.17) is 4.74 Å². The van der Waals surface area contributed by atoms with Gasteiger partial charge in [0.25, 0.3) is 0 Å². The van der Waals surface area contributed by atoms with Crippen LogP contribution in [0.25, 0.3) is 0 Å². The van der Waals surface area contributed by atoms with Crippen molar-refractivity contribution in [2.75, 3.05) is 18.8 Å². The van der Waals surface area contributed by atoms with Gasteiger partial charge in [-0.05, 0) is 13.3 Å². The third kappa shape index (κ3) is 2.98. The van der Waals surface area contributed by atoms with Crippen molar-refractivity contribution in [1.82, 2.24) is 30.1 Å². The molecule has 0 aliphatic carbocycles. The van der Waals surface area contributed by atoms with E-state index in [1.807, 2.05) is 16.5 Å². The molecule has 2 atom stereocenters. The zero-order chi connectivity index (χ0) is 15.8. The van der Waals surface area contributed by atoms with Gasteiger partial charge in [0.2, 0.25) is 5.91 Å². The first kappa shape index (κ1) is 15.0. The van der Waals surface area contributed by atoms with E-state index in [1.165, 1.54) is 23.1 Å². The van der Waals surface area contributed by atoms with Crippen LogP contribution in [0.5, 0.6) is 0 Å². The molecule has 0 spiro atoms. The average molecular weight is 352 g/mol. The lowest BCUT2D eigenvalue weighted by molar-refractivity contribution is -0.135. The van der Waals surface area contributed by atoms with E-state index in [-0.39, 0.29) is 18.1 Å². The molecule has 23 heavy (non-hydrogen) atoms. The summed E-state index contributed by atoms with van der Waals surface area (Å²) in [7, 11) is 0. The van der Waals surface area contributed by atoms with Crippen LogP contribution < -0.4 is 0 Å². The molecule has 1 amide bonds. The summed E-state index contributed by atoms with van der Waals surface area (Å²) in [6, 6.07) is 0.0627. The molecule has 0 radical (unpaired) electrons. The Bertz CT molecular complexity index is 717. The predicted molar refractivity (Wildman–Crippen MR) is 84.2 cm³/mol. The Hall–Kier alpha value is -1.52. The standard InChI is InChI=1S/C13H16N6O2S2/c1-8-15-16-13(23-8)22-7-12(20)18-3-2-11-10(5-18)19-9(6-21-11)4-14-17-19/h4,10-11H,2-3,5-7H2,1H3/t10-,11+/m0/s1. The quantitative estimate of drug-likeness (QED) is 0.759. The van der Waals surface area contributed by atoms with E-state index in [0.717, 1.165) is 28.0 Å². The molecular formula is C13H16N6O2S2. The van der Waals surface area contributed by atoms with Crippen LogP contribution in [0, 0.1) is 6.92 Å². The number of aryl methyl sites for hydroxylation is 1. The van der Waals surface area contributed by atoms with Crippen LogP contribution in [0.3, 0.4) is 0 Å². The topological polar surface area (TPSA) is 86.0 Å². The van der Waals surface area contributed by atoms with Crippen LogP contribution in [-0.2, 0) is 16.1 Å². The zero-order valence-electron chi connectivity index (χ0n) is 12.6. The number of ether oxygens (including phenoxy) is 1. The van der Waals surface area contributed by atoms with Crippen molar-refractivity contribution >= 4 is 29.0 Å². The van der Waals surface area contributed by atoms with Crippen molar-refractivity contribution in [2.45, 2.75) is 36.4 Å². The van der Waals surface area contributed by atoms with Crippen LogP contribution >= 0.6 is 23.1 Å². The van der Waals surface area contributed by atoms with Gasteiger partial charge in [0, 0.05) is 13.1 Å². The number of aromatic nitrogens is 5. The van der Waals surface area contributed by atoms with Gasteiger partial charge in [0.15, 0.2) is 4.34 Å². The fourth-order valence-corrected chi connectivity index (χ4v) is 4.68.